The molecule has 2 aromatic rings. The van der Waals surface area contributed by atoms with Crippen molar-refractivity contribution in [2.75, 3.05) is 6.54 Å². The van der Waals surface area contributed by atoms with E-state index in [1.165, 1.54) is 24.5 Å². The van der Waals surface area contributed by atoms with Gasteiger partial charge in [-0.05, 0) is 30.3 Å². The molecule has 1 heterocycles. The zero-order chi connectivity index (χ0) is 14.8. The smallest absolute Gasteiger partial charge is 0.240 e. The number of nitrogens with one attached hydrogen (secondary N) is 1. The molecule has 0 spiro atoms. The molecule has 1 atom stereocenters. The van der Waals surface area contributed by atoms with Crippen molar-refractivity contribution >= 4 is 33.2 Å². The molecule has 8 heteroatoms. The summed E-state index contributed by atoms with van der Waals surface area (Å²) in [6, 6.07) is 7.13. The normalized spacial score (nSPS) is 13.3. The van der Waals surface area contributed by atoms with E-state index in [1.54, 1.807) is 12.1 Å². The molecule has 1 aromatic carbocycles. The molecule has 1 unspecified atom stereocenters. The summed E-state index contributed by atoms with van der Waals surface area (Å²) in [5.41, 5.74) is 0. The fourth-order valence-electron chi connectivity index (χ4n) is 1.54. The number of aliphatic hydroxyl groups is 1. The number of benzene rings is 1. The molecule has 20 heavy (non-hydrogen) atoms. The van der Waals surface area contributed by atoms with Crippen LogP contribution in [-0.4, -0.2) is 20.1 Å². The first-order valence-electron chi connectivity index (χ1n) is 5.56. The predicted molar refractivity (Wildman–Crippen MR) is 75.3 cm³/mol. The molecule has 0 radical (unpaired) electrons. The first kappa shape index (κ1) is 15.3. The number of aliphatic hydroxyl groups excluding tert-OH is 1. The van der Waals surface area contributed by atoms with Crippen LogP contribution in [0.4, 0.5) is 0 Å². The largest absolute Gasteiger partial charge is 0.467 e. The quantitative estimate of drug-likeness (QED) is 0.880. The molecular weight excluding hydrogens is 325 g/mol. The molecule has 0 saturated carbocycles. The Morgan fingerprint density at radius 2 is 1.90 bits per heavy atom. The van der Waals surface area contributed by atoms with Crippen molar-refractivity contribution in [2.24, 2.45) is 0 Å². The van der Waals surface area contributed by atoms with Gasteiger partial charge in [0.05, 0.1) is 11.2 Å². The van der Waals surface area contributed by atoms with Gasteiger partial charge >= 0.3 is 0 Å². The number of hydrogen-bond donors (Lipinski definition) is 2. The SMILES string of the molecule is O=S(=O)(NCC(O)c1ccco1)c1cc(Cl)cc(Cl)c1. The van der Waals surface area contributed by atoms with E-state index in [9.17, 15) is 13.5 Å². The highest BCUT2D eigenvalue weighted by atomic mass is 35.5. The lowest BCUT2D eigenvalue weighted by molar-refractivity contribution is 0.154. The first-order chi connectivity index (χ1) is 9.38. The van der Waals surface area contributed by atoms with Gasteiger partial charge in [-0.1, -0.05) is 23.2 Å². The Morgan fingerprint density at radius 1 is 1.25 bits per heavy atom. The minimum Gasteiger partial charge on any atom is -0.467 e. The lowest BCUT2D eigenvalue weighted by Gasteiger charge is -2.10. The van der Waals surface area contributed by atoms with E-state index in [2.05, 4.69) is 4.72 Å². The van der Waals surface area contributed by atoms with Gasteiger partial charge in [0.25, 0.3) is 0 Å². The second kappa shape index (κ2) is 6.15. The third kappa shape index (κ3) is 3.74. The highest BCUT2D eigenvalue weighted by molar-refractivity contribution is 7.89. The summed E-state index contributed by atoms with van der Waals surface area (Å²) in [6.07, 6.45) is 0.318. The molecule has 0 amide bonds. The van der Waals surface area contributed by atoms with Crippen LogP contribution in [0.5, 0.6) is 0 Å². The number of hydrogen-bond acceptors (Lipinski definition) is 4. The summed E-state index contributed by atoms with van der Waals surface area (Å²) in [6.45, 7) is -0.222. The van der Waals surface area contributed by atoms with Crippen LogP contribution < -0.4 is 4.72 Å². The van der Waals surface area contributed by atoms with Gasteiger partial charge in [-0.2, -0.15) is 0 Å². The molecule has 108 valence electrons. The molecule has 2 N–H and O–H groups in total. The molecule has 0 aliphatic rings. The Labute approximate surface area is 126 Å². The van der Waals surface area contributed by atoms with Gasteiger partial charge in [0, 0.05) is 16.6 Å². The maximum atomic E-state index is 12.0. The van der Waals surface area contributed by atoms with Gasteiger partial charge in [-0.15, -0.1) is 0 Å². The van der Waals surface area contributed by atoms with Gasteiger partial charge in [0.15, 0.2) is 0 Å². The molecule has 0 saturated heterocycles. The van der Waals surface area contributed by atoms with E-state index >= 15 is 0 Å². The van der Waals surface area contributed by atoms with Crippen LogP contribution in [0, 0.1) is 0 Å². The van der Waals surface area contributed by atoms with E-state index in [0.717, 1.165) is 0 Å². The minimum absolute atomic E-state index is 0.0679. The lowest BCUT2D eigenvalue weighted by atomic mass is 10.3. The fourth-order valence-corrected chi connectivity index (χ4v) is 3.30. The Hall–Kier alpha value is -1.05. The Morgan fingerprint density at radius 3 is 2.45 bits per heavy atom. The van der Waals surface area contributed by atoms with E-state index < -0.39 is 16.1 Å². The average molecular weight is 336 g/mol. The third-order valence-electron chi connectivity index (χ3n) is 2.48. The Bertz CT molecular complexity index is 665. The van der Waals surface area contributed by atoms with E-state index in [4.69, 9.17) is 27.6 Å². The topological polar surface area (TPSA) is 79.5 Å². The van der Waals surface area contributed by atoms with Crippen LogP contribution in [0.2, 0.25) is 10.0 Å². The maximum Gasteiger partial charge on any atom is 0.240 e. The van der Waals surface area contributed by atoms with Crippen LogP contribution >= 0.6 is 23.2 Å². The highest BCUT2D eigenvalue weighted by Gasteiger charge is 2.18. The third-order valence-corrected chi connectivity index (χ3v) is 4.32. The Balaban J connectivity index is 2.11. The van der Waals surface area contributed by atoms with Crippen LogP contribution in [-0.2, 0) is 10.0 Å². The molecule has 0 bridgehead atoms. The van der Waals surface area contributed by atoms with E-state index in [-0.39, 0.29) is 27.2 Å². The molecule has 0 fully saturated rings. The van der Waals surface area contributed by atoms with Gasteiger partial charge in [-0.3, -0.25) is 0 Å². The molecule has 5 nitrogen and oxygen atoms in total. The van der Waals surface area contributed by atoms with Crippen molar-refractivity contribution < 1.29 is 17.9 Å². The van der Waals surface area contributed by atoms with Crippen molar-refractivity contribution in [1.82, 2.24) is 4.72 Å². The van der Waals surface area contributed by atoms with Gasteiger partial charge in [0.1, 0.15) is 11.9 Å². The second-order valence-electron chi connectivity index (χ2n) is 3.99. The molecule has 2 rings (SSSR count). The van der Waals surface area contributed by atoms with Crippen molar-refractivity contribution in [3.8, 4) is 0 Å². The maximum absolute atomic E-state index is 12.0. The monoisotopic (exact) mass is 335 g/mol. The van der Waals surface area contributed by atoms with Crippen LogP contribution in [0.25, 0.3) is 0 Å². The predicted octanol–water partition coefficient (Wildman–Crippen LogP) is 2.60. The summed E-state index contributed by atoms with van der Waals surface area (Å²) in [5.74, 6) is 0.275. The van der Waals surface area contributed by atoms with Gasteiger partial charge < -0.3 is 9.52 Å². The summed E-state index contributed by atoms with van der Waals surface area (Å²) in [5, 5.41) is 10.2. The number of furan rings is 1. The minimum atomic E-state index is -3.81. The van der Waals surface area contributed by atoms with Crippen molar-refractivity contribution in [1.29, 1.82) is 0 Å². The number of rotatable bonds is 5. The van der Waals surface area contributed by atoms with Crippen molar-refractivity contribution in [2.45, 2.75) is 11.0 Å². The summed E-state index contributed by atoms with van der Waals surface area (Å²) >= 11 is 11.5. The second-order valence-corrected chi connectivity index (χ2v) is 6.63. The summed E-state index contributed by atoms with van der Waals surface area (Å²) in [4.78, 5) is -0.0679. The Kier molecular flexibility index (Phi) is 4.72. The van der Waals surface area contributed by atoms with Crippen molar-refractivity contribution in [3.63, 3.8) is 0 Å². The molecule has 0 aliphatic carbocycles. The zero-order valence-corrected chi connectivity index (χ0v) is 12.4. The van der Waals surface area contributed by atoms with E-state index in [0.29, 0.717) is 0 Å². The molecule has 1 aromatic heterocycles. The first-order valence-corrected chi connectivity index (χ1v) is 7.79. The van der Waals surface area contributed by atoms with Crippen LogP contribution in [0.3, 0.4) is 0 Å². The van der Waals surface area contributed by atoms with Crippen LogP contribution in [0.15, 0.2) is 45.9 Å². The summed E-state index contributed by atoms with van der Waals surface area (Å²) in [7, 11) is -3.81. The molecular formula is C12H11Cl2NO4S. The highest BCUT2D eigenvalue weighted by Crippen LogP contribution is 2.22. The zero-order valence-electron chi connectivity index (χ0n) is 10.1. The van der Waals surface area contributed by atoms with Crippen molar-refractivity contribution in [3.05, 3.63) is 52.4 Å². The fraction of sp³-hybridized carbons (Fsp3) is 0.167. The average Bonchev–Trinajstić information content (AvgIpc) is 2.88. The number of sulfonamides is 1. The van der Waals surface area contributed by atoms with Crippen LogP contribution in [0.1, 0.15) is 11.9 Å². The van der Waals surface area contributed by atoms with Gasteiger partial charge in [-0.25, -0.2) is 13.1 Å². The lowest BCUT2D eigenvalue weighted by Crippen LogP contribution is -2.28. The standard InChI is InChI=1S/C12H11Cl2NO4S/c13-8-4-9(14)6-10(5-8)20(17,18)15-7-11(16)12-2-1-3-19-12/h1-6,11,15-16H,7H2. The van der Waals surface area contributed by atoms with Gasteiger partial charge in [0.2, 0.25) is 10.0 Å². The molecule has 0 aliphatic heterocycles. The summed E-state index contributed by atoms with van der Waals surface area (Å²) < 4.78 is 31.3. The number of halogens is 2. The van der Waals surface area contributed by atoms with E-state index in [1.807, 2.05) is 0 Å².